The van der Waals surface area contributed by atoms with E-state index in [1.807, 2.05) is 19.2 Å². The Bertz CT molecular complexity index is 361. The number of rotatable bonds is 5. The SMILES string of the molecule is CNC(Cc1ccccc1OC)C1CCCOC1. The summed E-state index contributed by atoms with van der Waals surface area (Å²) >= 11 is 0. The largest absolute Gasteiger partial charge is 0.496 e. The lowest BCUT2D eigenvalue weighted by molar-refractivity contribution is 0.0404. The van der Waals surface area contributed by atoms with Crippen LogP contribution in [0.3, 0.4) is 0 Å². The second-order valence-electron chi connectivity index (χ2n) is 4.89. The summed E-state index contributed by atoms with van der Waals surface area (Å²) < 4.78 is 11.0. The summed E-state index contributed by atoms with van der Waals surface area (Å²) in [5.41, 5.74) is 1.27. The maximum atomic E-state index is 5.59. The van der Waals surface area contributed by atoms with E-state index in [1.54, 1.807) is 7.11 Å². The highest BCUT2D eigenvalue weighted by Crippen LogP contribution is 2.24. The lowest BCUT2D eigenvalue weighted by Crippen LogP contribution is -2.39. The van der Waals surface area contributed by atoms with E-state index < -0.39 is 0 Å². The summed E-state index contributed by atoms with van der Waals surface area (Å²) in [7, 11) is 3.77. The normalized spacial score (nSPS) is 21.6. The Kier molecular flexibility index (Phi) is 5.02. The summed E-state index contributed by atoms with van der Waals surface area (Å²) in [6, 6.07) is 8.72. The molecule has 1 heterocycles. The zero-order valence-corrected chi connectivity index (χ0v) is 11.3. The zero-order valence-electron chi connectivity index (χ0n) is 11.3. The van der Waals surface area contributed by atoms with E-state index in [9.17, 15) is 0 Å². The van der Waals surface area contributed by atoms with E-state index in [0.29, 0.717) is 12.0 Å². The van der Waals surface area contributed by atoms with Crippen LogP contribution >= 0.6 is 0 Å². The van der Waals surface area contributed by atoms with E-state index in [1.165, 1.54) is 18.4 Å². The molecule has 0 aliphatic carbocycles. The maximum absolute atomic E-state index is 5.59. The van der Waals surface area contributed by atoms with Gasteiger partial charge in [0.25, 0.3) is 0 Å². The lowest BCUT2D eigenvalue weighted by Gasteiger charge is -2.30. The van der Waals surface area contributed by atoms with Gasteiger partial charge in [-0.25, -0.2) is 0 Å². The smallest absolute Gasteiger partial charge is 0.122 e. The van der Waals surface area contributed by atoms with Gasteiger partial charge in [-0.05, 0) is 43.9 Å². The van der Waals surface area contributed by atoms with Crippen LogP contribution in [0.15, 0.2) is 24.3 Å². The molecule has 1 N–H and O–H groups in total. The molecule has 2 atom stereocenters. The summed E-state index contributed by atoms with van der Waals surface area (Å²) in [4.78, 5) is 0. The molecule has 0 bridgehead atoms. The van der Waals surface area contributed by atoms with Crippen LogP contribution in [0.25, 0.3) is 0 Å². The van der Waals surface area contributed by atoms with Crippen molar-refractivity contribution in [2.45, 2.75) is 25.3 Å². The fourth-order valence-electron chi connectivity index (χ4n) is 2.70. The van der Waals surface area contributed by atoms with Gasteiger partial charge in [-0.3, -0.25) is 0 Å². The summed E-state index contributed by atoms with van der Waals surface area (Å²) in [5.74, 6) is 1.59. The monoisotopic (exact) mass is 249 g/mol. The highest BCUT2D eigenvalue weighted by Gasteiger charge is 2.23. The van der Waals surface area contributed by atoms with Gasteiger partial charge < -0.3 is 14.8 Å². The predicted molar refractivity (Wildman–Crippen MR) is 73.1 cm³/mol. The number of likely N-dealkylation sites (N-methyl/N-ethyl adjacent to an activating group) is 1. The van der Waals surface area contributed by atoms with Gasteiger partial charge in [0.15, 0.2) is 0 Å². The first-order valence-electron chi connectivity index (χ1n) is 6.72. The van der Waals surface area contributed by atoms with Crippen molar-refractivity contribution in [2.75, 3.05) is 27.4 Å². The first kappa shape index (κ1) is 13.4. The van der Waals surface area contributed by atoms with Gasteiger partial charge in [0.05, 0.1) is 13.7 Å². The Balaban J connectivity index is 2.04. The molecule has 1 aromatic rings. The highest BCUT2D eigenvalue weighted by molar-refractivity contribution is 5.33. The van der Waals surface area contributed by atoms with Crippen molar-refractivity contribution < 1.29 is 9.47 Å². The second kappa shape index (κ2) is 6.76. The minimum Gasteiger partial charge on any atom is -0.496 e. The fourth-order valence-corrected chi connectivity index (χ4v) is 2.70. The van der Waals surface area contributed by atoms with E-state index in [0.717, 1.165) is 25.4 Å². The van der Waals surface area contributed by atoms with Crippen LogP contribution in [0.1, 0.15) is 18.4 Å². The molecular weight excluding hydrogens is 226 g/mol. The Morgan fingerprint density at radius 2 is 2.28 bits per heavy atom. The van der Waals surface area contributed by atoms with Crippen LogP contribution < -0.4 is 10.1 Å². The van der Waals surface area contributed by atoms with Crippen molar-refractivity contribution in [1.82, 2.24) is 5.32 Å². The topological polar surface area (TPSA) is 30.5 Å². The van der Waals surface area contributed by atoms with Crippen molar-refractivity contribution in [3.63, 3.8) is 0 Å². The molecule has 3 heteroatoms. The molecule has 100 valence electrons. The van der Waals surface area contributed by atoms with Crippen LogP contribution in [0.2, 0.25) is 0 Å². The number of hydrogen-bond acceptors (Lipinski definition) is 3. The minimum atomic E-state index is 0.460. The van der Waals surface area contributed by atoms with Gasteiger partial charge in [-0.2, -0.15) is 0 Å². The maximum Gasteiger partial charge on any atom is 0.122 e. The van der Waals surface area contributed by atoms with Crippen molar-refractivity contribution in [3.05, 3.63) is 29.8 Å². The van der Waals surface area contributed by atoms with E-state index in [4.69, 9.17) is 9.47 Å². The molecule has 1 fully saturated rings. The van der Waals surface area contributed by atoms with Crippen LogP contribution in [0.4, 0.5) is 0 Å². The Morgan fingerprint density at radius 3 is 2.94 bits per heavy atom. The molecule has 1 aliphatic heterocycles. The summed E-state index contributed by atoms with van der Waals surface area (Å²) in [5, 5.41) is 3.44. The fraction of sp³-hybridized carbons (Fsp3) is 0.600. The number of benzene rings is 1. The third-order valence-electron chi connectivity index (χ3n) is 3.77. The number of hydrogen-bond donors (Lipinski definition) is 1. The summed E-state index contributed by atoms with van der Waals surface area (Å²) in [6.07, 6.45) is 3.42. The van der Waals surface area contributed by atoms with Crippen LogP contribution in [0, 0.1) is 5.92 Å². The highest BCUT2D eigenvalue weighted by atomic mass is 16.5. The number of para-hydroxylation sites is 1. The number of nitrogens with one attached hydrogen (secondary N) is 1. The van der Waals surface area contributed by atoms with Crippen molar-refractivity contribution in [1.29, 1.82) is 0 Å². The third kappa shape index (κ3) is 3.24. The molecule has 1 saturated heterocycles. The minimum absolute atomic E-state index is 0.460. The average Bonchev–Trinajstić information content (AvgIpc) is 2.46. The molecule has 0 aromatic heterocycles. The predicted octanol–water partition coefficient (Wildman–Crippen LogP) is 2.25. The number of methoxy groups -OCH3 is 1. The lowest BCUT2D eigenvalue weighted by atomic mass is 9.89. The molecule has 1 aromatic carbocycles. The zero-order chi connectivity index (χ0) is 12.8. The number of ether oxygens (including phenoxy) is 2. The molecule has 2 unspecified atom stereocenters. The quantitative estimate of drug-likeness (QED) is 0.868. The van der Waals surface area contributed by atoms with Crippen molar-refractivity contribution in [3.8, 4) is 5.75 Å². The molecule has 0 spiro atoms. The van der Waals surface area contributed by atoms with Crippen molar-refractivity contribution in [2.24, 2.45) is 5.92 Å². The van der Waals surface area contributed by atoms with E-state index in [2.05, 4.69) is 17.4 Å². The summed E-state index contributed by atoms with van der Waals surface area (Å²) in [6.45, 7) is 1.79. The third-order valence-corrected chi connectivity index (χ3v) is 3.77. The van der Waals surface area contributed by atoms with Gasteiger partial charge in [-0.15, -0.1) is 0 Å². The molecule has 0 amide bonds. The van der Waals surface area contributed by atoms with E-state index in [-0.39, 0.29) is 0 Å². The van der Waals surface area contributed by atoms with E-state index >= 15 is 0 Å². The second-order valence-corrected chi connectivity index (χ2v) is 4.89. The Labute approximate surface area is 109 Å². The molecule has 2 rings (SSSR count). The van der Waals surface area contributed by atoms with Crippen molar-refractivity contribution >= 4 is 0 Å². The Morgan fingerprint density at radius 1 is 1.44 bits per heavy atom. The average molecular weight is 249 g/mol. The van der Waals surface area contributed by atoms with Gasteiger partial charge in [0.2, 0.25) is 0 Å². The van der Waals surface area contributed by atoms with Gasteiger partial charge in [-0.1, -0.05) is 18.2 Å². The van der Waals surface area contributed by atoms with Gasteiger partial charge in [0.1, 0.15) is 5.75 Å². The standard InChI is InChI=1S/C15H23NO2/c1-16-14(13-7-5-9-18-11-13)10-12-6-3-4-8-15(12)17-2/h3-4,6,8,13-14,16H,5,7,9-11H2,1-2H3. The molecular formula is C15H23NO2. The molecule has 18 heavy (non-hydrogen) atoms. The molecule has 1 aliphatic rings. The van der Waals surface area contributed by atoms with Crippen LogP contribution in [-0.2, 0) is 11.2 Å². The van der Waals surface area contributed by atoms with Gasteiger partial charge in [0, 0.05) is 12.6 Å². The first-order valence-corrected chi connectivity index (χ1v) is 6.72. The molecule has 0 radical (unpaired) electrons. The van der Waals surface area contributed by atoms with Gasteiger partial charge >= 0.3 is 0 Å². The van der Waals surface area contributed by atoms with Crippen LogP contribution in [-0.4, -0.2) is 33.4 Å². The first-order chi connectivity index (χ1) is 8.85. The molecule has 3 nitrogen and oxygen atoms in total. The van der Waals surface area contributed by atoms with Crippen LogP contribution in [0.5, 0.6) is 5.75 Å². The Hall–Kier alpha value is -1.06. The molecule has 0 saturated carbocycles.